The summed E-state index contributed by atoms with van der Waals surface area (Å²) in [5.41, 5.74) is -0.905. The van der Waals surface area contributed by atoms with Crippen LogP contribution in [-0.2, 0) is 9.53 Å². The second kappa shape index (κ2) is 4.45. The van der Waals surface area contributed by atoms with Crippen LogP contribution in [0.25, 0.3) is 0 Å². The van der Waals surface area contributed by atoms with E-state index < -0.39 is 16.8 Å². The van der Waals surface area contributed by atoms with E-state index in [2.05, 4.69) is 0 Å². The second-order valence-corrected chi connectivity index (χ2v) is 3.88. The van der Waals surface area contributed by atoms with Crippen molar-refractivity contribution in [1.82, 2.24) is 0 Å². The van der Waals surface area contributed by atoms with E-state index in [0.29, 0.717) is 5.56 Å². The number of halogens is 1. The van der Waals surface area contributed by atoms with Crippen LogP contribution in [0, 0.1) is 0 Å². The van der Waals surface area contributed by atoms with Crippen LogP contribution in [0.1, 0.15) is 24.2 Å². The van der Waals surface area contributed by atoms with Crippen molar-refractivity contribution in [3.05, 3.63) is 35.9 Å². The molecule has 1 rings (SSSR count). The molecular weight excluding hydrogens is 216 g/mol. The average Bonchev–Trinajstić information content (AvgIpc) is 2.18. The fraction of sp³-hybridized carbons (Fsp3) is 0.273. The van der Waals surface area contributed by atoms with E-state index >= 15 is 0 Å². The molecule has 0 saturated carbocycles. The zero-order valence-corrected chi connectivity index (χ0v) is 9.25. The highest BCUT2D eigenvalue weighted by atomic mass is 35.5. The van der Waals surface area contributed by atoms with Crippen LogP contribution in [0.4, 0.5) is 0 Å². The third-order valence-electron chi connectivity index (χ3n) is 1.83. The van der Waals surface area contributed by atoms with E-state index in [1.807, 2.05) is 0 Å². The average molecular weight is 227 g/mol. The van der Waals surface area contributed by atoms with Gasteiger partial charge in [-0.2, -0.15) is 0 Å². The Kier molecular flexibility index (Phi) is 3.48. The summed E-state index contributed by atoms with van der Waals surface area (Å²) in [4.78, 5) is 22.5. The highest BCUT2D eigenvalue weighted by Crippen LogP contribution is 2.16. The summed E-state index contributed by atoms with van der Waals surface area (Å²) in [6, 6.07) is 8.43. The maximum atomic E-state index is 11.5. The van der Waals surface area contributed by atoms with Gasteiger partial charge in [0.15, 0.2) is 5.60 Å². The fourth-order valence-electron chi connectivity index (χ4n) is 0.905. The molecule has 0 bridgehead atoms. The Balaban J connectivity index is 2.77. The summed E-state index contributed by atoms with van der Waals surface area (Å²) in [5.74, 6) is -0.561. The predicted octanol–water partition coefficient (Wildman–Crippen LogP) is 2.39. The number of benzene rings is 1. The number of ether oxygens (including phenoxy) is 1. The molecule has 4 heteroatoms. The molecule has 0 saturated heterocycles. The molecule has 1 aromatic carbocycles. The Morgan fingerprint density at radius 2 is 1.73 bits per heavy atom. The van der Waals surface area contributed by atoms with Gasteiger partial charge in [-0.05, 0) is 37.6 Å². The van der Waals surface area contributed by atoms with E-state index in [1.54, 1.807) is 30.3 Å². The highest BCUT2D eigenvalue weighted by Gasteiger charge is 2.30. The number of carbonyl (C=O) groups excluding carboxylic acids is 2. The molecule has 0 aromatic heterocycles. The third-order valence-corrected chi connectivity index (χ3v) is 2.29. The molecule has 0 aliphatic carbocycles. The monoisotopic (exact) mass is 226 g/mol. The topological polar surface area (TPSA) is 43.4 Å². The van der Waals surface area contributed by atoms with Crippen LogP contribution in [0.15, 0.2) is 30.3 Å². The van der Waals surface area contributed by atoms with Gasteiger partial charge in [-0.1, -0.05) is 18.2 Å². The molecule has 0 atom stereocenters. The van der Waals surface area contributed by atoms with Crippen LogP contribution in [0.2, 0.25) is 0 Å². The minimum absolute atomic E-state index is 0.392. The first-order valence-electron chi connectivity index (χ1n) is 4.42. The lowest BCUT2D eigenvalue weighted by molar-refractivity contribution is -0.126. The van der Waals surface area contributed by atoms with E-state index in [1.165, 1.54) is 13.8 Å². The van der Waals surface area contributed by atoms with Crippen molar-refractivity contribution >= 4 is 22.8 Å². The molecule has 0 radical (unpaired) electrons. The molecule has 3 nitrogen and oxygen atoms in total. The zero-order chi connectivity index (χ0) is 11.5. The SMILES string of the molecule is CC(C)(OC(=O)c1ccccc1)C(=O)Cl. The molecule has 0 fully saturated rings. The lowest BCUT2D eigenvalue weighted by atomic mass is 10.1. The first kappa shape index (κ1) is 11.7. The third kappa shape index (κ3) is 3.06. The van der Waals surface area contributed by atoms with Gasteiger partial charge in [0.1, 0.15) is 0 Å². The Morgan fingerprint density at radius 3 is 2.20 bits per heavy atom. The number of rotatable bonds is 3. The van der Waals surface area contributed by atoms with Crippen LogP contribution in [0.3, 0.4) is 0 Å². The molecule has 80 valence electrons. The van der Waals surface area contributed by atoms with Gasteiger partial charge in [0.25, 0.3) is 5.24 Å². The van der Waals surface area contributed by atoms with Gasteiger partial charge in [0.05, 0.1) is 5.56 Å². The lowest BCUT2D eigenvalue weighted by Gasteiger charge is -2.20. The van der Waals surface area contributed by atoms with Crippen LogP contribution in [0.5, 0.6) is 0 Å². The van der Waals surface area contributed by atoms with Gasteiger partial charge >= 0.3 is 5.97 Å². The molecule has 0 aliphatic heterocycles. The van der Waals surface area contributed by atoms with E-state index in [4.69, 9.17) is 16.3 Å². The van der Waals surface area contributed by atoms with Crippen molar-refractivity contribution < 1.29 is 14.3 Å². The van der Waals surface area contributed by atoms with Gasteiger partial charge in [-0.25, -0.2) is 4.79 Å². The number of carbonyl (C=O) groups is 2. The van der Waals surface area contributed by atoms with E-state index in [0.717, 1.165) is 0 Å². The van der Waals surface area contributed by atoms with Crippen molar-refractivity contribution in [3.8, 4) is 0 Å². The summed E-state index contributed by atoms with van der Waals surface area (Å²) >= 11 is 5.28. The van der Waals surface area contributed by atoms with Gasteiger partial charge in [0, 0.05) is 0 Å². The minimum Gasteiger partial charge on any atom is -0.447 e. The Morgan fingerprint density at radius 1 is 1.20 bits per heavy atom. The first-order valence-corrected chi connectivity index (χ1v) is 4.79. The lowest BCUT2D eigenvalue weighted by Crippen LogP contribution is -2.34. The summed E-state index contributed by atoms with van der Waals surface area (Å²) in [6.45, 7) is 2.90. The van der Waals surface area contributed by atoms with Crippen molar-refractivity contribution in [2.45, 2.75) is 19.4 Å². The van der Waals surface area contributed by atoms with Crippen molar-refractivity contribution in [2.24, 2.45) is 0 Å². The predicted molar refractivity (Wildman–Crippen MR) is 56.8 cm³/mol. The summed E-state index contributed by atoms with van der Waals surface area (Å²) in [6.07, 6.45) is 0. The molecule has 0 unspecified atom stereocenters. The maximum Gasteiger partial charge on any atom is 0.339 e. The van der Waals surface area contributed by atoms with Crippen molar-refractivity contribution in [2.75, 3.05) is 0 Å². The maximum absolute atomic E-state index is 11.5. The van der Waals surface area contributed by atoms with Crippen molar-refractivity contribution in [1.29, 1.82) is 0 Å². The van der Waals surface area contributed by atoms with Gasteiger partial charge in [0.2, 0.25) is 0 Å². The van der Waals surface area contributed by atoms with Crippen molar-refractivity contribution in [3.63, 3.8) is 0 Å². The van der Waals surface area contributed by atoms with Gasteiger partial charge < -0.3 is 4.74 Å². The molecule has 15 heavy (non-hydrogen) atoms. The van der Waals surface area contributed by atoms with Gasteiger partial charge in [-0.15, -0.1) is 0 Å². The largest absolute Gasteiger partial charge is 0.447 e. The number of esters is 1. The van der Waals surface area contributed by atoms with E-state index in [-0.39, 0.29) is 0 Å². The molecule has 0 aliphatic rings. The Bertz CT molecular complexity index is 371. The minimum atomic E-state index is -1.30. The molecule has 0 spiro atoms. The highest BCUT2D eigenvalue weighted by molar-refractivity contribution is 6.65. The molecule has 1 aromatic rings. The van der Waals surface area contributed by atoms with Crippen LogP contribution >= 0.6 is 11.6 Å². The van der Waals surface area contributed by atoms with Crippen LogP contribution < -0.4 is 0 Å². The van der Waals surface area contributed by atoms with Gasteiger partial charge in [-0.3, -0.25) is 4.79 Å². The normalized spacial score (nSPS) is 10.9. The summed E-state index contributed by atoms with van der Waals surface area (Å²) in [7, 11) is 0. The fourth-order valence-corrected chi connectivity index (χ4v) is 0.944. The summed E-state index contributed by atoms with van der Waals surface area (Å²) < 4.78 is 4.96. The smallest absolute Gasteiger partial charge is 0.339 e. The zero-order valence-electron chi connectivity index (χ0n) is 8.49. The number of hydrogen-bond donors (Lipinski definition) is 0. The molecular formula is C11H11ClO3. The molecule has 0 N–H and O–H groups in total. The van der Waals surface area contributed by atoms with Crippen LogP contribution in [-0.4, -0.2) is 16.8 Å². The first-order chi connectivity index (χ1) is 6.93. The molecule has 0 amide bonds. The molecule has 0 heterocycles. The standard InChI is InChI=1S/C11H11ClO3/c1-11(2,10(12)14)15-9(13)8-6-4-3-5-7-8/h3-7H,1-2H3. The summed E-state index contributed by atoms with van der Waals surface area (Å²) in [5, 5.41) is -0.702. The van der Waals surface area contributed by atoms with E-state index in [9.17, 15) is 9.59 Å². The quantitative estimate of drug-likeness (QED) is 0.587. The number of hydrogen-bond acceptors (Lipinski definition) is 3. The Labute approximate surface area is 93.0 Å². The second-order valence-electron chi connectivity index (χ2n) is 3.54. The Hall–Kier alpha value is -1.35.